The van der Waals surface area contributed by atoms with Crippen molar-refractivity contribution < 1.29 is 0 Å². The molecule has 1 aromatic heterocycles. The fraction of sp³-hybridized carbons (Fsp3) is 0.375. The molecule has 0 spiro atoms. The second-order valence-electron chi connectivity index (χ2n) is 5.40. The summed E-state index contributed by atoms with van der Waals surface area (Å²) in [7, 11) is 0. The number of nitriles is 1. The second kappa shape index (κ2) is 6.31. The summed E-state index contributed by atoms with van der Waals surface area (Å²) in [6, 6.07) is 12.5. The molecule has 1 aliphatic heterocycles. The van der Waals surface area contributed by atoms with Crippen LogP contribution in [0, 0.1) is 11.5 Å². The Kier molecular flexibility index (Phi) is 4.06. The summed E-state index contributed by atoms with van der Waals surface area (Å²) in [5.74, 6) is 1.28. The van der Waals surface area contributed by atoms with Gasteiger partial charge in [0.1, 0.15) is 5.82 Å². The molecule has 1 unspecified atom stereocenters. The molecule has 108 valence electrons. The lowest BCUT2D eigenvalue weighted by Crippen LogP contribution is -2.12. The van der Waals surface area contributed by atoms with Crippen LogP contribution >= 0.6 is 0 Å². The maximum absolute atomic E-state index is 8.90. The highest BCUT2D eigenvalue weighted by Gasteiger charge is 2.24. The Hall–Kier alpha value is -2.48. The van der Waals surface area contributed by atoms with Crippen LogP contribution in [0.15, 0.2) is 36.4 Å². The van der Waals surface area contributed by atoms with Crippen LogP contribution in [0.2, 0.25) is 0 Å². The van der Waals surface area contributed by atoms with Crippen LogP contribution < -0.4 is 5.32 Å². The predicted molar refractivity (Wildman–Crippen MR) is 81.8 cm³/mol. The molecule has 21 heavy (non-hydrogen) atoms. The van der Waals surface area contributed by atoms with Crippen molar-refractivity contribution in [2.45, 2.75) is 18.8 Å². The van der Waals surface area contributed by atoms with E-state index in [-0.39, 0.29) is 0 Å². The van der Waals surface area contributed by atoms with Gasteiger partial charge in [0.25, 0.3) is 0 Å². The van der Waals surface area contributed by atoms with Crippen LogP contribution in [-0.2, 0) is 6.42 Å². The Morgan fingerprint density at radius 1 is 1.38 bits per heavy atom. The Bertz CT molecular complexity index is 613. The molecule has 5 nitrogen and oxygen atoms in total. The van der Waals surface area contributed by atoms with E-state index in [1.54, 1.807) is 4.90 Å². The van der Waals surface area contributed by atoms with E-state index in [9.17, 15) is 0 Å². The summed E-state index contributed by atoms with van der Waals surface area (Å²) >= 11 is 0. The molecule has 1 aromatic carbocycles. The number of nitrogens with zero attached hydrogens (tertiary/aromatic N) is 3. The highest BCUT2D eigenvalue weighted by atomic mass is 15.2. The number of hydrogen-bond donors (Lipinski definition) is 2. The van der Waals surface area contributed by atoms with Crippen LogP contribution in [-0.4, -0.2) is 34.7 Å². The second-order valence-corrected chi connectivity index (χ2v) is 5.40. The van der Waals surface area contributed by atoms with Gasteiger partial charge in [0, 0.05) is 37.3 Å². The molecule has 0 aliphatic carbocycles. The number of aromatic amines is 1. The van der Waals surface area contributed by atoms with E-state index < -0.39 is 0 Å². The summed E-state index contributed by atoms with van der Waals surface area (Å²) in [4.78, 5) is 1.80. The number of likely N-dealkylation sites (tertiary alicyclic amines) is 1. The van der Waals surface area contributed by atoms with Crippen molar-refractivity contribution in [3.05, 3.63) is 47.7 Å². The summed E-state index contributed by atoms with van der Waals surface area (Å²) in [6.45, 7) is 2.50. The molecule has 1 aliphatic rings. The maximum atomic E-state index is 8.90. The highest BCUT2D eigenvalue weighted by Crippen LogP contribution is 2.26. The van der Waals surface area contributed by atoms with Gasteiger partial charge in [-0.15, -0.1) is 0 Å². The lowest BCUT2D eigenvalue weighted by Gasteiger charge is -2.06. The van der Waals surface area contributed by atoms with Crippen LogP contribution in [0.1, 0.15) is 23.6 Å². The number of aromatic nitrogens is 2. The fourth-order valence-corrected chi connectivity index (χ4v) is 2.72. The van der Waals surface area contributed by atoms with Crippen molar-refractivity contribution in [1.82, 2.24) is 15.1 Å². The van der Waals surface area contributed by atoms with Gasteiger partial charge < -0.3 is 10.2 Å². The molecule has 0 amide bonds. The van der Waals surface area contributed by atoms with E-state index in [0.717, 1.165) is 44.0 Å². The van der Waals surface area contributed by atoms with Gasteiger partial charge in [-0.2, -0.15) is 10.4 Å². The van der Waals surface area contributed by atoms with Crippen LogP contribution in [0.4, 0.5) is 5.82 Å². The zero-order valence-electron chi connectivity index (χ0n) is 11.9. The van der Waals surface area contributed by atoms with Crippen molar-refractivity contribution in [3.63, 3.8) is 0 Å². The van der Waals surface area contributed by atoms with Crippen molar-refractivity contribution >= 4 is 5.82 Å². The average molecular weight is 281 g/mol. The van der Waals surface area contributed by atoms with Gasteiger partial charge in [0.2, 0.25) is 0 Å². The molecule has 3 rings (SSSR count). The van der Waals surface area contributed by atoms with Gasteiger partial charge in [-0.3, -0.25) is 5.10 Å². The minimum absolute atomic E-state index is 0.391. The topological polar surface area (TPSA) is 67.7 Å². The Morgan fingerprint density at radius 2 is 2.24 bits per heavy atom. The summed E-state index contributed by atoms with van der Waals surface area (Å²) in [5, 5.41) is 19.6. The third-order valence-electron chi connectivity index (χ3n) is 3.93. The number of nitrogens with one attached hydrogen (secondary N) is 2. The third-order valence-corrected chi connectivity index (χ3v) is 3.93. The standard InChI is InChI=1S/C16H19N5/c17-12-21-9-7-14(11-21)15-10-16(20-19-15)18-8-6-13-4-2-1-3-5-13/h1-5,10,14H,6-9,11H2,(H2,18,19,20). The predicted octanol–water partition coefficient (Wildman–Crippen LogP) is 2.33. The molecule has 5 heteroatoms. The summed E-state index contributed by atoms with van der Waals surface area (Å²) in [6.07, 6.45) is 4.20. The quantitative estimate of drug-likeness (QED) is 0.825. The van der Waals surface area contributed by atoms with E-state index in [4.69, 9.17) is 5.26 Å². The number of hydrogen-bond acceptors (Lipinski definition) is 4. The average Bonchev–Trinajstić information content (AvgIpc) is 3.17. The molecule has 2 aromatic rings. The first kappa shape index (κ1) is 13.5. The molecule has 1 atom stereocenters. The van der Waals surface area contributed by atoms with E-state index >= 15 is 0 Å². The van der Waals surface area contributed by atoms with Crippen molar-refractivity contribution in [1.29, 1.82) is 5.26 Å². The lowest BCUT2D eigenvalue weighted by atomic mass is 10.1. The van der Waals surface area contributed by atoms with Crippen LogP contribution in [0.3, 0.4) is 0 Å². The summed E-state index contributed by atoms with van der Waals surface area (Å²) in [5.41, 5.74) is 2.44. The van der Waals surface area contributed by atoms with E-state index in [1.807, 2.05) is 6.07 Å². The zero-order chi connectivity index (χ0) is 14.5. The highest BCUT2D eigenvalue weighted by molar-refractivity contribution is 5.37. The number of anilines is 1. The number of rotatable bonds is 5. The van der Waals surface area contributed by atoms with E-state index in [1.165, 1.54) is 5.56 Å². The van der Waals surface area contributed by atoms with Crippen molar-refractivity contribution in [2.75, 3.05) is 25.0 Å². The molecule has 0 saturated carbocycles. The smallest absolute Gasteiger partial charge is 0.179 e. The SMILES string of the molecule is N#CN1CCC(c2cc(NCCc3ccccc3)n[nH]2)C1. The van der Waals surface area contributed by atoms with Crippen LogP contribution in [0.25, 0.3) is 0 Å². The molecular formula is C16H19N5. The largest absolute Gasteiger partial charge is 0.368 e. The number of H-pyrrole nitrogens is 1. The van der Waals surface area contributed by atoms with Gasteiger partial charge in [-0.1, -0.05) is 30.3 Å². The Labute approximate surface area is 124 Å². The number of benzene rings is 1. The minimum atomic E-state index is 0.391. The van der Waals surface area contributed by atoms with Gasteiger partial charge in [0.05, 0.1) is 0 Å². The first-order valence-electron chi connectivity index (χ1n) is 7.33. The maximum Gasteiger partial charge on any atom is 0.179 e. The molecule has 1 saturated heterocycles. The molecule has 2 N–H and O–H groups in total. The molecule has 0 bridgehead atoms. The fourth-order valence-electron chi connectivity index (χ4n) is 2.72. The summed E-state index contributed by atoms with van der Waals surface area (Å²) < 4.78 is 0. The first-order chi connectivity index (χ1) is 10.3. The van der Waals surface area contributed by atoms with Crippen molar-refractivity contribution in [3.8, 4) is 6.19 Å². The lowest BCUT2D eigenvalue weighted by molar-refractivity contribution is 0.478. The minimum Gasteiger partial charge on any atom is -0.368 e. The van der Waals surface area contributed by atoms with E-state index in [0.29, 0.717) is 5.92 Å². The molecular weight excluding hydrogens is 262 g/mol. The molecule has 0 radical (unpaired) electrons. The first-order valence-corrected chi connectivity index (χ1v) is 7.33. The molecule has 2 heterocycles. The Morgan fingerprint density at radius 3 is 3.00 bits per heavy atom. The Balaban J connectivity index is 1.50. The van der Waals surface area contributed by atoms with Gasteiger partial charge in [-0.25, -0.2) is 0 Å². The van der Waals surface area contributed by atoms with Crippen molar-refractivity contribution in [2.24, 2.45) is 0 Å². The van der Waals surface area contributed by atoms with Crippen LogP contribution in [0.5, 0.6) is 0 Å². The van der Waals surface area contributed by atoms with Gasteiger partial charge in [0.15, 0.2) is 6.19 Å². The third kappa shape index (κ3) is 3.34. The molecule has 1 fully saturated rings. The zero-order valence-corrected chi connectivity index (χ0v) is 11.9. The monoisotopic (exact) mass is 281 g/mol. The van der Waals surface area contributed by atoms with Gasteiger partial charge >= 0.3 is 0 Å². The van der Waals surface area contributed by atoms with E-state index in [2.05, 4.69) is 52.0 Å². The normalized spacial score (nSPS) is 17.7. The van der Waals surface area contributed by atoms with Gasteiger partial charge in [-0.05, 0) is 18.4 Å².